The zero-order valence-corrected chi connectivity index (χ0v) is 18.4. The Morgan fingerprint density at radius 3 is 2.54 bits per heavy atom. The Morgan fingerprint density at radius 2 is 1.96 bits per heavy atom. The van der Waals surface area contributed by atoms with E-state index in [0.29, 0.717) is 24.1 Å². The SMILES string of the molecule is CCNC(=NCc1cc(Br)c(OC)c(OC)c1)NC1CCCC1.I. The van der Waals surface area contributed by atoms with Gasteiger partial charge in [-0.2, -0.15) is 0 Å². The minimum absolute atomic E-state index is 0. The minimum atomic E-state index is 0. The smallest absolute Gasteiger partial charge is 0.191 e. The van der Waals surface area contributed by atoms with Crippen LogP contribution in [0.15, 0.2) is 21.6 Å². The van der Waals surface area contributed by atoms with Crippen LogP contribution in [0.25, 0.3) is 0 Å². The number of aliphatic imine (C=N–C) groups is 1. The van der Waals surface area contributed by atoms with Crippen molar-refractivity contribution in [2.45, 2.75) is 45.2 Å². The number of guanidine groups is 1. The fourth-order valence-corrected chi connectivity index (χ4v) is 3.47. The second-order valence-corrected chi connectivity index (χ2v) is 6.49. The first-order chi connectivity index (χ1) is 11.2. The molecule has 1 aliphatic rings. The number of hydrogen-bond donors (Lipinski definition) is 2. The van der Waals surface area contributed by atoms with Gasteiger partial charge in [-0.15, -0.1) is 24.0 Å². The first-order valence-corrected chi connectivity index (χ1v) is 8.92. The number of rotatable bonds is 6. The molecule has 1 aromatic carbocycles. The van der Waals surface area contributed by atoms with Gasteiger partial charge in [0.2, 0.25) is 0 Å². The van der Waals surface area contributed by atoms with Crippen molar-refractivity contribution in [1.29, 1.82) is 0 Å². The summed E-state index contributed by atoms with van der Waals surface area (Å²) < 4.78 is 11.6. The highest BCUT2D eigenvalue weighted by molar-refractivity contribution is 14.0. The molecule has 0 bridgehead atoms. The van der Waals surface area contributed by atoms with Crippen LogP contribution in [0.2, 0.25) is 0 Å². The van der Waals surface area contributed by atoms with E-state index in [1.165, 1.54) is 25.7 Å². The maximum absolute atomic E-state index is 5.38. The summed E-state index contributed by atoms with van der Waals surface area (Å²) in [6.45, 7) is 3.52. The normalized spacial score (nSPS) is 14.9. The van der Waals surface area contributed by atoms with Crippen LogP contribution in [0.1, 0.15) is 38.2 Å². The molecule has 7 heteroatoms. The molecule has 0 unspecified atom stereocenters. The lowest BCUT2D eigenvalue weighted by Gasteiger charge is -2.17. The van der Waals surface area contributed by atoms with E-state index < -0.39 is 0 Å². The van der Waals surface area contributed by atoms with Crippen LogP contribution < -0.4 is 20.1 Å². The van der Waals surface area contributed by atoms with Crippen LogP contribution >= 0.6 is 39.9 Å². The number of nitrogens with zero attached hydrogens (tertiary/aromatic N) is 1. The third kappa shape index (κ3) is 5.98. The summed E-state index contributed by atoms with van der Waals surface area (Å²) in [5.41, 5.74) is 1.07. The molecule has 2 rings (SSSR count). The Kier molecular flexibility index (Phi) is 9.80. The van der Waals surface area contributed by atoms with E-state index in [4.69, 9.17) is 14.5 Å². The summed E-state index contributed by atoms with van der Waals surface area (Å²) >= 11 is 3.52. The Labute approximate surface area is 170 Å². The number of hydrogen-bond acceptors (Lipinski definition) is 3. The lowest BCUT2D eigenvalue weighted by atomic mass is 10.2. The van der Waals surface area contributed by atoms with Gasteiger partial charge >= 0.3 is 0 Å². The lowest BCUT2D eigenvalue weighted by molar-refractivity contribution is 0.352. The van der Waals surface area contributed by atoms with Crippen LogP contribution in [0, 0.1) is 0 Å². The molecule has 2 N–H and O–H groups in total. The summed E-state index contributed by atoms with van der Waals surface area (Å²) in [6, 6.07) is 4.53. The van der Waals surface area contributed by atoms with E-state index in [-0.39, 0.29) is 24.0 Å². The van der Waals surface area contributed by atoms with Crippen LogP contribution in [0.4, 0.5) is 0 Å². The number of ether oxygens (including phenoxy) is 2. The molecule has 0 aromatic heterocycles. The molecular weight excluding hydrogens is 485 g/mol. The summed E-state index contributed by atoms with van der Waals surface area (Å²) in [7, 11) is 3.28. The molecule has 136 valence electrons. The van der Waals surface area contributed by atoms with E-state index in [1.54, 1.807) is 14.2 Å². The van der Waals surface area contributed by atoms with Gasteiger partial charge < -0.3 is 20.1 Å². The standard InChI is InChI=1S/C17H26BrN3O2.HI/c1-4-19-17(21-13-7-5-6-8-13)20-11-12-9-14(18)16(23-3)15(10-12)22-2;/h9-10,13H,4-8,11H2,1-3H3,(H2,19,20,21);1H. The predicted octanol–water partition coefficient (Wildman–Crippen LogP) is 4.08. The fraction of sp³-hybridized carbons (Fsp3) is 0.588. The third-order valence-corrected chi connectivity index (χ3v) is 4.54. The lowest BCUT2D eigenvalue weighted by Crippen LogP contribution is -2.42. The predicted molar refractivity (Wildman–Crippen MR) is 113 cm³/mol. The van der Waals surface area contributed by atoms with Crippen LogP contribution in [-0.4, -0.2) is 32.8 Å². The second kappa shape index (κ2) is 11.0. The van der Waals surface area contributed by atoms with E-state index in [2.05, 4.69) is 33.5 Å². The maximum Gasteiger partial charge on any atom is 0.191 e. The Hall–Kier alpha value is -0.700. The summed E-state index contributed by atoms with van der Waals surface area (Å²) in [6.07, 6.45) is 5.07. The monoisotopic (exact) mass is 511 g/mol. The quantitative estimate of drug-likeness (QED) is 0.343. The van der Waals surface area contributed by atoms with E-state index in [0.717, 1.165) is 22.5 Å². The average Bonchev–Trinajstić information content (AvgIpc) is 3.05. The highest BCUT2D eigenvalue weighted by Gasteiger charge is 2.16. The van der Waals surface area contributed by atoms with E-state index in [1.807, 2.05) is 12.1 Å². The Morgan fingerprint density at radius 1 is 1.25 bits per heavy atom. The molecule has 1 saturated carbocycles. The summed E-state index contributed by atoms with van der Waals surface area (Å²) in [5.74, 6) is 2.29. The second-order valence-electron chi connectivity index (χ2n) is 5.63. The van der Waals surface area contributed by atoms with Crippen molar-refractivity contribution in [1.82, 2.24) is 10.6 Å². The van der Waals surface area contributed by atoms with Gasteiger partial charge in [0.25, 0.3) is 0 Å². The minimum Gasteiger partial charge on any atom is -0.493 e. The van der Waals surface area contributed by atoms with Crippen molar-refractivity contribution < 1.29 is 9.47 Å². The number of nitrogens with one attached hydrogen (secondary N) is 2. The first-order valence-electron chi connectivity index (χ1n) is 8.13. The largest absolute Gasteiger partial charge is 0.493 e. The molecule has 1 fully saturated rings. The van der Waals surface area contributed by atoms with Gasteiger partial charge in [-0.25, -0.2) is 4.99 Å². The van der Waals surface area contributed by atoms with Crippen LogP contribution in [-0.2, 0) is 6.54 Å². The van der Waals surface area contributed by atoms with Crippen molar-refractivity contribution in [2.75, 3.05) is 20.8 Å². The van der Waals surface area contributed by atoms with Crippen molar-refractivity contribution in [2.24, 2.45) is 4.99 Å². The number of benzene rings is 1. The van der Waals surface area contributed by atoms with Crippen molar-refractivity contribution in [3.05, 3.63) is 22.2 Å². The number of methoxy groups -OCH3 is 2. The van der Waals surface area contributed by atoms with Crippen molar-refractivity contribution in [3.8, 4) is 11.5 Å². The van der Waals surface area contributed by atoms with Crippen molar-refractivity contribution >= 4 is 45.9 Å². The average molecular weight is 512 g/mol. The molecule has 5 nitrogen and oxygen atoms in total. The molecule has 0 saturated heterocycles. The van der Waals surface area contributed by atoms with Crippen LogP contribution in [0.5, 0.6) is 11.5 Å². The Bertz CT molecular complexity index is 549. The molecule has 0 amide bonds. The molecule has 0 atom stereocenters. The third-order valence-electron chi connectivity index (χ3n) is 3.95. The van der Waals surface area contributed by atoms with E-state index >= 15 is 0 Å². The highest BCUT2D eigenvalue weighted by Crippen LogP contribution is 2.36. The van der Waals surface area contributed by atoms with Gasteiger partial charge in [-0.1, -0.05) is 12.8 Å². The van der Waals surface area contributed by atoms with Gasteiger partial charge in [-0.05, 0) is 53.4 Å². The molecule has 0 spiro atoms. The molecule has 0 radical (unpaired) electrons. The van der Waals surface area contributed by atoms with Gasteiger partial charge in [-0.3, -0.25) is 0 Å². The fourth-order valence-electron chi connectivity index (χ4n) is 2.82. The Balaban J connectivity index is 0.00000288. The van der Waals surface area contributed by atoms with Gasteiger partial charge in [0.05, 0.1) is 25.2 Å². The first kappa shape index (κ1) is 21.3. The maximum atomic E-state index is 5.38. The molecular formula is C17H27BrIN3O2. The molecule has 1 aromatic rings. The van der Waals surface area contributed by atoms with Gasteiger partial charge in [0.1, 0.15) is 0 Å². The molecule has 0 heterocycles. The topological polar surface area (TPSA) is 54.9 Å². The van der Waals surface area contributed by atoms with Crippen molar-refractivity contribution in [3.63, 3.8) is 0 Å². The summed E-state index contributed by atoms with van der Waals surface area (Å²) in [4.78, 5) is 4.70. The van der Waals surface area contributed by atoms with Crippen LogP contribution in [0.3, 0.4) is 0 Å². The molecule has 24 heavy (non-hydrogen) atoms. The summed E-state index contributed by atoms with van der Waals surface area (Å²) in [5, 5.41) is 6.84. The number of halogens is 2. The van der Waals surface area contributed by atoms with Gasteiger partial charge in [0, 0.05) is 12.6 Å². The zero-order chi connectivity index (χ0) is 16.7. The molecule has 1 aliphatic carbocycles. The highest BCUT2D eigenvalue weighted by atomic mass is 127. The molecule has 0 aliphatic heterocycles. The van der Waals surface area contributed by atoms with Gasteiger partial charge in [0.15, 0.2) is 17.5 Å². The zero-order valence-electron chi connectivity index (χ0n) is 14.5. The van der Waals surface area contributed by atoms with E-state index in [9.17, 15) is 0 Å².